The van der Waals surface area contributed by atoms with Crippen LogP contribution in [0.3, 0.4) is 0 Å². The molecule has 0 aliphatic carbocycles. The predicted octanol–water partition coefficient (Wildman–Crippen LogP) is 1.89. The molecule has 1 saturated heterocycles. The van der Waals surface area contributed by atoms with Crippen molar-refractivity contribution in [3.8, 4) is 11.5 Å². The lowest BCUT2D eigenvalue weighted by molar-refractivity contribution is 0.353. The highest BCUT2D eigenvalue weighted by Gasteiger charge is 2.22. The van der Waals surface area contributed by atoms with Gasteiger partial charge in [-0.15, -0.1) is 12.4 Å². The Kier molecular flexibility index (Phi) is 7.25. The Morgan fingerprint density at radius 1 is 1.29 bits per heavy atom. The van der Waals surface area contributed by atoms with Crippen molar-refractivity contribution in [3.63, 3.8) is 0 Å². The molecule has 2 rings (SSSR count). The van der Waals surface area contributed by atoms with Gasteiger partial charge in [0.25, 0.3) is 0 Å². The maximum Gasteiger partial charge on any atom is 0.161 e. The van der Waals surface area contributed by atoms with Crippen LogP contribution in [0.4, 0.5) is 0 Å². The van der Waals surface area contributed by atoms with Gasteiger partial charge in [-0.25, -0.2) is 0 Å². The molecule has 0 radical (unpaired) electrons. The molecule has 3 N–H and O–H groups in total. The fourth-order valence-electron chi connectivity index (χ4n) is 2.46. The van der Waals surface area contributed by atoms with Gasteiger partial charge in [-0.1, -0.05) is 6.07 Å². The summed E-state index contributed by atoms with van der Waals surface area (Å²) in [5.74, 6) is 2.15. The van der Waals surface area contributed by atoms with E-state index >= 15 is 0 Å². The number of rotatable bonds is 6. The highest BCUT2D eigenvalue weighted by atomic mass is 35.5. The van der Waals surface area contributed by atoms with Crippen LogP contribution in [0.25, 0.3) is 0 Å². The van der Waals surface area contributed by atoms with Gasteiger partial charge in [-0.2, -0.15) is 0 Å². The number of methoxy groups -OCH3 is 2. The first-order valence-electron chi connectivity index (χ1n) is 7.09. The van der Waals surface area contributed by atoms with E-state index in [1.165, 1.54) is 5.56 Å². The van der Waals surface area contributed by atoms with E-state index in [-0.39, 0.29) is 18.4 Å². The number of hydrogen-bond donors (Lipinski definition) is 3. The van der Waals surface area contributed by atoms with Crippen LogP contribution < -0.4 is 25.6 Å². The second kappa shape index (κ2) is 8.44. The van der Waals surface area contributed by atoms with Gasteiger partial charge >= 0.3 is 0 Å². The SMILES string of the molecule is COc1ccc(C(C)NCC2CNNC2C)cc1OC.Cl. The Morgan fingerprint density at radius 3 is 2.57 bits per heavy atom. The fraction of sp³-hybridized carbons (Fsp3) is 0.600. The van der Waals surface area contributed by atoms with Crippen molar-refractivity contribution in [2.75, 3.05) is 27.3 Å². The maximum atomic E-state index is 5.35. The first-order chi connectivity index (χ1) is 9.65. The summed E-state index contributed by atoms with van der Waals surface area (Å²) in [7, 11) is 3.32. The van der Waals surface area contributed by atoms with Crippen LogP contribution in [0.2, 0.25) is 0 Å². The largest absolute Gasteiger partial charge is 0.493 e. The van der Waals surface area contributed by atoms with E-state index < -0.39 is 0 Å². The lowest BCUT2D eigenvalue weighted by Gasteiger charge is -2.20. The molecule has 120 valence electrons. The second-order valence-corrected chi connectivity index (χ2v) is 5.32. The van der Waals surface area contributed by atoms with Crippen molar-refractivity contribution in [3.05, 3.63) is 23.8 Å². The monoisotopic (exact) mass is 315 g/mol. The summed E-state index contributed by atoms with van der Waals surface area (Å²) in [6.45, 7) is 6.36. The van der Waals surface area contributed by atoms with E-state index in [1.807, 2.05) is 12.1 Å². The summed E-state index contributed by atoms with van der Waals surface area (Å²) in [6.07, 6.45) is 0. The average molecular weight is 316 g/mol. The van der Waals surface area contributed by atoms with Gasteiger partial charge in [0.15, 0.2) is 11.5 Å². The molecule has 1 heterocycles. The molecule has 0 aromatic heterocycles. The number of hydrogen-bond acceptors (Lipinski definition) is 5. The zero-order chi connectivity index (χ0) is 14.5. The summed E-state index contributed by atoms with van der Waals surface area (Å²) in [5.41, 5.74) is 7.64. The molecule has 0 saturated carbocycles. The van der Waals surface area contributed by atoms with Crippen molar-refractivity contribution < 1.29 is 9.47 Å². The number of nitrogens with one attached hydrogen (secondary N) is 3. The summed E-state index contributed by atoms with van der Waals surface area (Å²) < 4.78 is 10.6. The first-order valence-corrected chi connectivity index (χ1v) is 7.09. The molecule has 0 bridgehead atoms. The third-order valence-electron chi connectivity index (χ3n) is 3.99. The van der Waals surface area contributed by atoms with Gasteiger partial charge in [-0.05, 0) is 31.5 Å². The molecule has 3 unspecified atom stereocenters. The van der Waals surface area contributed by atoms with E-state index in [9.17, 15) is 0 Å². The minimum atomic E-state index is 0. The van der Waals surface area contributed by atoms with E-state index in [2.05, 4.69) is 36.1 Å². The van der Waals surface area contributed by atoms with Crippen LogP contribution in [-0.4, -0.2) is 33.4 Å². The molecule has 1 aromatic rings. The molecule has 1 fully saturated rings. The van der Waals surface area contributed by atoms with Crippen LogP contribution in [0.1, 0.15) is 25.5 Å². The molecule has 1 aliphatic heterocycles. The van der Waals surface area contributed by atoms with Gasteiger partial charge < -0.3 is 14.8 Å². The zero-order valence-electron chi connectivity index (χ0n) is 13.1. The normalized spacial score (nSPS) is 22.5. The predicted molar refractivity (Wildman–Crippen MR) is 87.3 cm³/mol. The Labute approximate surface area is 133 Å². The van der Waals surface area contributed by atoms with Crippen molar-refractivity contribution >= 4 is 12.4 Å². The lowest BCUT2D eigenvalue weighted by atomic mass is 10.0. The Morgan fingerprint density at radius 2 is 2.00 bits per heavy atom. The third-order valence-corrected chi connectivity index (χ3v) is 3.99. The topological polar surface area (TPSA) is 54.5 Å². The lowest BCUT2D eigenvalue weighted by Crippen LogP contribution is -2.33. The van der Waals surface area contributed by atoms with Crippen LogP contribution in [0.5, 0.6) is 11.5 Å². The van der Waals surface area contributed by atoms with Crippen LogP contribution >= 0.6 is 12.4 Å². The molecular weight excluding hydrogens is 290 g/mol. The zero-order valence-corrected chi connectivity index (χ0v) is 13.9. The van der Waals surface area contributed by atoms with E-state index in [1.54, 1.807) is 14.2 Å². The van der Waals surface area contributed by atoms with Crippen molar-refractivity contribution in [2.45, 2.75) is 25.9 Å². The summed E-state index contributed by atoms with van der Waals surface area (Å²) in [5, 5.41) is 3.58. The third kappa shape index (κ3) is 4.48. The molecule has 5 nitrogen and oxygen atoms in total. The van der Waals surface area contributed by atoms with Crippen LogP contribution in [0.15, 0.2) is 18.2 Å². The van der Waals surface area contributed by atoms with Crippen molar-refractivity contribution in [2.24, 2.45) is 5.92 Å². The van der Waals surface area contributed by atoms with Gasteiger partial charge in [0, 0.05) is 31.1 Å². The quantitative estimate of drug-likeness (QED) is 0.748. The molecule has 21 heavy (non-hydrogen) atoms. The van der Waals surface area contributed by atoms with Gasteiger partial charge in [0.1, 0.15) is 0 Å². The molecule has 3 atom stereocenters. The smallest absolute Gasteiger partial charge is 0.161 e. The molecule has 6 heteroatoms. The van der Waals surface area contributed by atoms with Gasteiger partial charge in [0.2, 0.25) is 0 Å². The highest BCUT2D eigenvalue weighted by molar-refractivity contribution is 5.85. The van der Waals surface area contributed by atoms with E-state index in [0.717, 1.165) is 24.6 Å². The van der Waals surface area contributed by atoms with Crippen molar-refractivity contribution in [1.29, 1.82) is 0 Å². The van der Waals surface area contributed by atoms with Crippen LogP contribution in [-0.2, 0) is 0 Å². The van der Waals surface area contributed by atoms with Gasteiger partial charge in [0.05, 0.1) is 14.2 Å². The summed E-state index contributed by atoms with van der Waals surface area (Å²) >= 11 is 0. The highest BCUT2D eigenvalue weighted by Crippen LogP contribution is 2.29. The Balaban J connectivity index is 0.00000220. The molecule has 0 amide bonds. The van der Waals surface area contributed by atoms with E-state index in [4.69, 9.17) is 9.47 Å². The molecule has 0 spiro atoms. The summed E-state index contributed by atoms with van der Waals surface area (Å²) in [6, 6.07) is 6.84. The minimum Gasteiger partial charge on any atom is -0.493 e. The number of halogens is 1. The number of hydrazine groups is 1. The molecule has 1 aliphatic rings. The number of ether oxygens (including phenoxy) is 2. The minimum absolute atomic E-state index is 0. The summed E-state index contributed by atoms with van der Waals surface area (Å²) in [4.78, 5) is 0. The average Bonchev–Trinajstić information content (AvgIpc) is 2.89. The van der Waals surface area contributed by atoms with Crippen molar-refractivity contribution in [1.82, 2.24) is 16.2 Å². The molecular formula is C15H26ClN3O2. The number of benzene rings is 1. The van der Waals surface area contributed by atoms with Gasteiger partial charge in [-0.3, -0.25) is 10.9 Å². The molecule has 1 aromatic carbocycles. The first kappa shape index (κ1) is 18.0. The maximum absolute atomic E-state index is 5.35. The Bertz CT molecular complexity index is 445. The van der Waals surface area contributed by atoms with E-state index in [0.29, 0.717) is 12.0 Å². The fourth-order valence-corrected chi connectivity index (χ4v) is 2.46. The second-order valence-electron chi connectivity index (χ2n) is 5.32. The Hall–Kier alpha value is -1.01. The van der Waals surface area contributed by atoms with Crippen LogP contribution in [0, 0.1) is 5.92 Å². The standard InChI is InChI=1S/C15H25N3O2.ClH/c1-10(16-8-13-9-17-18-11(13)2)12-5-6-14(19-3)15(7-12)20-4;/h5-7,10-11,13,16-18H,8-9H2,1-4H3;1H.